The molecule has 0 atom stereocenters. The summed E-state index contributed by atoms with van der Waals surface area (Å²) in [5.41, 5.74) is 5.99. The predicted octanol–water partition coefficient (Wildman–Crippen LogP) is 1.96. The van der Waals surface area contributed by atoms with Crippen molar-refractivity contribution >= 4 is 29.9 Å². The average Bonchev–Trinajstić information content (AvgIpc) is 3.29. The largest absolute Gasteiger partial charge is 0.370 e. The van der Waals surface area contributed by atoms with Crippen molar-refractivity contribution < 1.29 is 0 Å². The molecule has 0 radical (unpaired) electrons. The molecule has 1 aromatic rings. The number of halogens is 1. The summed E-state index contributed by atoms with van der Waals surface area (Å²) in [4.78, 5) is 6.58. The molecule has 2 heterocycles. The number of guanidine groups is 1. The van der Waals surface area contributed by atoms with Gasteiger partial charge >= 0.3 is 0 Å². The zero-order valence-corrected chi connectivity index (χ0v) is 15.7. The Kier molecular flexibility index (Phi) is 6.46. The van der Waals surface area contributed by atoms with Crippen LogP contribution in [-0.4, -0.2) is 45.3 Å². The molecule has 0 amide bonds. The molecular weight excluding hydrogens is 391 g/mol. The van der Waals surface area contributed by atoms with Gasteiger partial charge in [-0.3, -0.25) is 4.99 Å². The maximum atomic E-state index is 5.99. The van der Waals surface area contributed by atoms with Crippen molar-refractivity contribution in [3.63, 3.8) is 0 Å². The molecule has 1 aliphatic heterocycles. The lowest BCUT2D eigenvalue weighted by atomic mass is 10.2. The molecule has 2 N–H and O–H groups in total. The van der Waals surface area contributed by atoms with E-state index in [1.165, 1.54) is 37.9 Å². The zero-order chi connectivity index (χ0) is 14.7. The number of hydrogen-bond acceptors (Lipinski definition) is 3. The summed E-state index contributed by atoms with van der Waals surface area (Å²) in [5.74, 6) is 2.97. The first-order valence-electron chi connectivity index (χ1n) is 8.19. The second-order valence-electron chi connectivity index (χ2n) is 6.18. The summed E-state index contributed by atoms with van der Waals surface area (Å²) in [7, 11) is 2.04. The predicted molar refractivity (Wildman–Crippen MR) is 98.6 cm³/mol. The van der Waals surface area contributed by atoms with Crippen molar-refractivity contribution in [2.24, 2.45) is 10.7 Å². The fourth-order valence-corrected chi connectivity index (χ4v) is 2.92. The molecule has 3 rings (SSSR count). The van der Waals surface area contributed by atoms with Crippen molar-refractivity contribution in [3.8, 4) is 0 Å². The summed E-state index contributed by atoms with van der Waals surface area (Å²) in [6.45, 7) is 1.85. The summed E-state index contributed by atoms with van der Waals surface area (Å²) < 4.78 is 2.32. The molecule has 1 fully saturated rings. The Balaban J connectivity index is 0.00000176. The van der Waals surface area contributed by atoms with E-state index >= 15 is 0 Å². The van der Waals surface area contributed by atoms with Crippen molar-refractivity contribution in [1.29, 1.82) is 0 Å². The number of nitrogens with zero attached hydrogens (tertiary/aromatic N) is 5. The molecule has 0 unspecified atom stereocenters. The average molecular weight is 418 g/mol. The molecule has 1 aliphatic carbocycles. The summed E-state index contributed by atoms with van der Waals surface area (Å²) in [6, 6.07) is 0.626. The Hall–Kier alpha value is -0.860. The van der Waals surface area contributed by atoms with Gasteiger partial charge in [0.2, 0.25) is 0 Å². The topological polar surface area (TPSA) is 72.3 Å². The first kappa shape index (κ1) is 17.5. The van der Waals surface area contributed by atoms with Gasteiger partial charge in [0.05, 0.1) is 0 Å². The minimum atomic E-state index is 0. The monoisotopic (exact) mass is 418 g/mol. The van der Waals surface area contributed by atoms with Gasteiger partial charge in [0.25, 0.3) is 0 Å². The number of aromatic nitrogens is 3. The third-order valence-electron chi connectivity index (χ3n) is 4.47. The molecule has 124 valence electrons. The van der Waals surface area contributed by atoms with Gasteiger partial charge in [-0.1, -0.05) is 6.42 Å². The maximum absolute atomic E-state index is 5.99. The van der Waals surface area contributed by atoms with Gasteiger partial charge in [0.15, 0.2) is 5.96 Å². The molecule has 1 aromatic heterocycles. The molecule has 0 saturated heterocycles. The second-order valence-corrected chi connectivity index (χ2v) is 6.18. The first-order chi connectivity index (χ1) is 10.3. The molecule has 1 saturated carbocycles. The van der Waals surface area contributed by atoms with Gasteiger partial charge in [-0.2, -0.15) is 0 Å². The van der Waals surface area contributed by atoms with Gasteiger partial charge < -0.3 is 15.2 Å². The van der Waals surface area contributed by atoms with E-state index in [4.69, 9.17) is 5.73 Å². The van der Waals surface area contributed by atoms with E-state index in [0.717, 1.165) is 38.2 Å². The second kappa shape index (κ2) is 8.12. The smallest absolute Gasteiger partial charge is 0.191 e. The molecule has 2 aliphatic rings. The van der Waals surface area contributed by atoms with E-state index in [1.54, 1.807) is 0 Å². The van der Waals surface area contributed by atoms with Gasteiger partial charge in [-0.15, -0.1) is 34.2 Å². The minimum absolute atomic E-state index is 0. The molecule has 22 heavy (non-hydrogen) atoms. The Morgan fingerprint density at radius 3 is 2.91 bits per heavy atom. The zero-order valence-electron chi connectivity index (χ0n) is 13.4. The number of rotatable bonds is 5. The minimum Gasteiger partial charge on any atom is -0.370 e. The summed E-state index contributed by atoms with van der Waals surface area (Å²) in [6.07, 6.45) is 9.29. The summed E-state index contributed by atoms with van der Waals surface area (Å²) >= 11 is 0. The van der Waals surface area contributed by atoms with Crippen LogP contribution >= 0.6 is 24.0 Å². The van der Waals surface area contributed by atoms with E-state index < -0.39 is 0 Å². The first-order valence-corrected chi connectivity index (χ1v) is 8.19. The Morgan fingerprint density at radius 1 is 1.32 bits per heavy atom. The third kappa shape index (κ3) is 4.33. The van der Waals surface area contributed by atoms with Crippen LogP contribution in [0.1, 0.15) is 50.2 Å². The van der Waals surface area contributed by atoms with E-state index in [9.17, 15) is 0 Å². The Bertz CT molecular complexity index is 508. The van der Waals surface area contributed by atoms with E-state index in [2.05, 4.69) is 24.7 Å². The van der Waals surface area contributed by atoms with E-state index in [1.807, 2.05) is 7.05 Å². The molecular formula is C15H27IN6. The van der Waals surface area contributed by atoms with Crippen LogP contribution in [-0.2, 0) is 19.4 Å². The van der Waals surface area contributed by atoms with E-state index in [-0.39, 0.29) is 24.0 Å². The Labute approximate surface area is 149 Å². The third-order valence-corrected chi connectivity index (χ3v) is 4.47. The SMILES string of the molecule is CN(C(N)=NCCCc1nnc2n1CCCCC2)C1CC1.I. The normalized spacial score (nSPS) is 18.3. The van der Waals surface area contributed by atoms with Crippen LogP contribution in [0.5, 0.6) is 0 Å². The van der Waals surface area contributed by atoms with Gasteiger partial charge in [-0.05, 0) is 32.1 Å². The van der Waals surface area contributed by atoms with Crippen molar-refractivity contribution in [3.05, 3.63) is 11.6 Å². The molecule has 0 aromatic carbocycles. The maximum Gasteiger partial charge on any atom is 0.191 e. The van der Waals surface area contributed by atoms with Crippen LogP contribution in [0.3, 0.4) is 0 Å². The number of hydrogen-bond donors (Lipinski definition) is 1. The fourth-order valence-electron chi connectivity index (χ4n) is 2.92. The highest BCUT2D eigenvalue weighted by atomic mass is 127. The molecule has 0 spiro atoms. The number of aliphatic imine (C=N–C) groups is 1. The van der Waals surface area contributed by atoms with Crippen LogP contribution in [0.25, 0.3) is 0 Å². The highest BCUT2D eigenvalue weighted by Crippen LogP contribution is 2.24. The van der Waals surface area contributed by atoms with Gasteiger partial charge in [0, 0.05) is 39.0 Å². The van der Waals surface area contributed by atoms with Crippen molar-refractivity contribution in [2.75, 3.05) is 13.6 Å². The van der Waals surface area contributed by atoms with Crippen LogP contribution in [0.15, 0.2) is 4.99 Å². The molecule has 0 bridgehead atoms. The van der Waals surface area contributed by atoms with E-state index in [0.29, 0.717) is 12.0 Å². The van der Waals surface area contributed by atoms with Crippen LogP contribution in [0.4, 0.5) is 0 Å². The molecule has 7 heteroatoms. The highest BCUT2D eigenvalue weighted by Gasteiger charge is 2.27. The number of aryl methyl sites for hydroxylation is 2. The van der Waals surface area contributed by atoms with Crippen LogP contribution < -0.4 is 5.73 Å². The standard InChI is InChI=1S/C15H26N6.HI/c1-20(12-8-9-12)15(16)17-10-5-7-14-19-18-13-6-3-2-4-11-21(13)14;/h12H,2-11H2,1H3,(H2,16,17);1H. The molecule has 6 nitrogen and oxygen atoms in total. The number of nitrogens with two attached hydrogens (primary N) is 1. The fraction of sp³-hybridized carbons (Fsp3) is 0.800. The van der Waals surface area contributed by atoms with Crippen molar-refractivity contribution in [1.82, 2.24) is 19.7 Å². The quantitative estimate of drug-likeness (QED) is 0.344. The van der Waals surface area contributed by atoms with Gasteiger partial charge in [0.1, 0.15) is 11.6 Å². The van der Waals surface area contributed by atoms with Gasteiger partial charge in [-0.25, -0.2) is 0 Å². The van der Waals surface area contributed by atoms with Crippen molar-refractivity contribution in [2.45, 2.75) is 64.0 Å². The highest BCUT2D eigenvalue weighted by molar-refractivity contribution is 14.0. The Morgan fingerprint density at radius 2 is 2.14 bits per heavy atom. The lowest BCUT2D eigenvalue weighted by molar-refractivity contribution is 0.487. The van der Waals surface area contributed by atoms with Crippen LogP contribution in [0, 0.1) is 0 Å². The summed E-state index contributed by atoms with van der Waals surface area (Å²) in [5, 5.41) is 8.69. The lowest BCUT2D eigenvalue weighted by Gasteiger charge is -2.16. The lowest BCUT2D eigenvalue weighted by Crippen LogP contribution is -2.35. The number of fused-ring (bicyclic) bond motifs is 1. The van der Waals surface area contributed by atoms with Crippen LogP contribution in [0.2, 0.25) is 0 Å².